The summed E-state index contributed by atoms with van der Waals surface area (Å²) in [7, 11) is 0. The fourth-order valence-electron chi connectivity index (χ4n) is 3.28. The Morgan fingerprint density at radius 3 is 1.74 bits per heavy atom. The van der Waals surface area contributed by atoms with Gasteiger partial charge in [0.25, 0.3) is 0 Å². The van der Waals surface area contributed by atoms with E-state index in [4.69, 9.17) is 9.47 Å². The van der Waals surface area contributed by atoms with E-state index >= 15 is 0 Å². The predicted molar refractivity (Wildman–Crippen MR) is 114 cm³/mol. The summed E-state index contributed by atoms with van der Waals surface area (Å²) in [5.41, 5.74) is 0.728. The van der Waals surface area contributed by atoms with Gasteiger partial charge in [0, 0.05) is 6.42 Å². The largest absolute Gasteiger partial charge is 0.465 e. The third-order valence-corrected chi connectivity index (χ3v) is 4.50. The number of hydrogen-bond acceptors (Lipinski definition) is 3. The second-order valence-electron chi connectivity index (χ2n) is 11.0. The van der Waals surface area contributed by atoms with Crippen LogP contribution >= 0.6 is 0 Å². The minimum Gasteiger partial charge on any atom is -0.465 e. The molecule has 0 aliphatic carbocycles. The fourth-order valence-corrected chi connectivity index (χ4v) is 3.28. The summed E-state index contributed by atoms with van der Waals surface area (Å²) in [4.78, 5) is 0. The molecule has 0 spiro atoms. The van der Waals surface area contributed by atoms with Crippen molar-refractivity contribution in [2.75, 3.05) is 0 Å². The van der Waals surface area contributed by atoms with Gasteiger partial charge in [-0.3, -0.25) is 0 Å². The Hall–Kier alpha value is -1.06. The van der Waals surface area contributed by atoms with E-state index in [0.29, 0.717) is 0 Å². The van der Waals surface area contributed by atoms with Gasteiger partial charge in [0.1, 0.15) is 5.75 Å². The van der Waals surface area contributed by atoms with Gasteiger partial charge < -0.3 is 14.6 Å². The molecule has 0 saturated carbocycles. The third kappa shape index (κ3) is 9.62. The zero-order valence-corrected chi connectivity index (χ0v) is 19.2. The Bertz CT molecular complexity index is 553. The minimum atomic E-state index is -0.698. The van der Waals surface area contributed by atoms with Crippen molar-refractivity contribution in [3.8, 4) is 5.75 Å². The summed E-state index contributed by atoms with van der Waals surface area (Å²) in [6.45, 7) is 21.1. The van der Waals surface area contributed by atoms with Crippen molar-refractivity contribution >= 4 is 0 Å². The number of hydrogen-bond donors (Lipinski definition) is 1. The molecular formula is C24H42O3. The van der Waals surface area contributed by atoms with Crippen molar-refractivity contribution in [3.05, 3.63) is 29.8 Å². The Kier molecular flexibility index (Phi) is 7.96. The summed E-state index contributed by atoms with van der Waals surface area (Å²) >= 11 is 0. The van der Waals surface area contributed by atoms with Crippen molar-refractivity contribution < 1.29 is 14.6 Å². The summed E-state index contributed by atoms with van der Waals surface area (Å²) in [6, 6.07) is 8.30. The average Bonchev–Trinajstić information content (AvgIpc) is 2.41. The highest BCUT2D eigenvalue weighted by molar-refractivity contribution is 5.30. The fraction of sp³-hybridized carbons (Fsp3) is 0.750. The van der Waals surface area contributed by atoms with Crippen molar-refractivity contribution in [1.29, 1.82) is 0 Å². The molecule has 0 heterocycles. The smallest absolute Gasteiger partial charge is 0.200 e. The molecule has 156 valence electrons. The van der Waals surface area contributed by atoms with Gasteiger partial charge in [-0.25, -0.2) is 0 Å². The molecular weight excluding hydrogens is 336 g/mol. The zero-order chi connectivity index (χ0) is 21.0. The summed E-state index contributed by atoms with van der Waals surface area (Å²) in [6.07, 6.45) is 1.41. The Balaban J connectivity index is 2.97. The first kappa shape index (κ1) is 24.0. The van der Waals surface area contributed by atoms with Gasteiger partial charge in [-0.15, -0.1) is 0 Å². The molecule has 3 heteroatoms. The first-order valence-electron chi connectivity index (χ1n) is 10.2. The van der Waals surface area contributed by atoms with Crippen LogP contribution in [-0.4, -0.2) is 23.1 Å². The number of benzene rings is 1. The van der Waals surface area contributed by atoms with Crippen LogP contribution in [0.5, 0.6) is 5.75 Å². The molecule has 0 amide bonds. The molecule has 2 atom stereocenters. The van der Waals surface area contributed by atoms with Crippen molar-refractivity contribution in [2.24, 2.45) is 10.8 Å². The maximum Gasteiger partial charge on any atom is 0.200 e. The quantitative estimate of drug-likeness (QED) is 0.522. The van der Waals surface area contributed by atoms with E-state index in [2.05, 4.69) is 53.7 Å². The van der Waals surface area contributed by atoms with Gasteiger partial charge in [-0.05, 0) is 68.6 Å². The number of aliphatic hydroxyl groups is 1. The molecule has 2 unspecified atom stereocenters. The van der Waals surface area contributed by atoms with Crippen LogP contribution in [0.25, 0.3) is 0 Å². The van der Waals surface area contributed by atoms with Crippen LogP contribution in [0.4, 0.5) is 0 Å². The van der Waals surface area contributed by atoms with Crippen molar-refractivity contribution in [1.82, 2.24) is 0 Å². The lowest BCUT2D eigenvalue weighted by molar-refractivity contribution is -0.124. The van der Waals surface area contributed by atoms with Crippen LogP contribution in [0.15, 0.2) is 24.3 Å². The van der Waals surface area contributed by atoms with E-state index in [-0.39, 0.29) is 29.1 Å². The first-order valence-corrected chi connectivity index (χ1v) is 10.2. The topological polar surface area (TPSA) is 38.7 Å². The lowest BCUT2D eigenvalue weighted by Crippen LogP contribution is -2.29. The highest BCUT2D eigenvalue weighted by Gasteiger charge is 2.31. The third-order valence-electron chi connectivity index (χ3n) is 4.50. The maximum atomic E-state index is 10.3. The highest BCUT2D eigenvalue weighted by atomic mass is 16.7. The van der Waals surface area contributed by atoms with Crippen LogP contribution < -0.4 is 4.74 Å². The molecule has 1 aromatic rings. The van der Waals surface area contributed by atoms with E-state index < -0.39 is 5.60 Å². The second kappa shape index (κ2) is 8.96. The molecule has 27 heavy (non-hydrogen) atoms. The normalized spacial score (nSPS) is 15.7. The zero-order valence-electron chi connectivity index (χ0n) is 19.2. The van der Waals surface area contributed by atoms with Crippen LogP contribution in [0.3, 0.4) is 0 Å². The van der Waals surface area contributed by atoms with Crippen molar-refractivity contribution in [3.63, 3.8) is 0 Å². The monoisotopic (exact) mass is 378 g/mol. The standard InChI is InChI=1S/C24H42O3/c1-17(2)26-21(16-22(3,4)5)27-19-13-11-18(12-14-19)20(23(6,7)8)15-24(9,10)25/h11-14,17,20-21,25H,15-16H2,1-10H3. The molecule has 3 nitrogen and oxygen atoms in total. The molecule has 0 aliphatic rings. The lowest BCUT2D eigenvalue weighted by atomic mass is 9.71. The van der Waals surface area contributed by atoms with E-state index in [1.165, 1.54) is 5.56 Å². The van der Waals surface area contributed by atoms with Crippen LogP contribution in [0.2, 0.25) is 0 Å². The van der Waals surface area contributed by atoms with Crippen LogP contribution in [-0.2, 0) is 4.74 Å². The summed E-state index contributed by atoms with van der Waals surface area (Å²) in [5, 5.41) is 10.3. The maximum absolute atomic E-state index is 10.3. The highest BCUT2D eigenvalue weighted by Crippen LogP contribution is 2.41. The molecule has 1 rings (SSSR count). The SMILES string of the molecule is CC(C)OC(CC(C)(C)C)Oc1ccc(C(CC(C)(C)O)C(C)(C)C)cc1. The van der Waals surface area contributed by atoms with Gasteiger partial charge in [0.05, 0.1) is 11.7 Å². The molecule has 1 N–H and O–H groups in total. The Morgan fingerprint density at radius 2 is 1.37 bits per heavy atom. The van der Waals surface area contributed by atoms with Gasteiger partial charge in [-0.2, -0.15) is 0 Å². The Morgan fingerprint density at radius 1 is 0.852 bits per heavy atom. The molecule has 1 aromatic carbocycles. The van der Waals surface area contributed by atoms with Gasteiger partial charge in [0.2, 0.25) is 6.29 Å². The first-order chi connectivity index (χ1) is 12.1. The average molecular weight is 379 g/mol. The summed E-state index contributed by atoms with van der Waals surface area (Å²) < 4.78 is 12.1. The molecule has 0 radical (unpaired) electrons. The van der Waals surface area contributed by atoms with Gasteiger partial charge in [0.15, 0.2) is 0 Å². The summed E-state index contributed by atoms with van der Waals surface area (Å²) in [5.74, 6) is 1.09. The van der Waals surface area contributed by atoms with Crippen LogP contribution in [0, 0.1) is 10.8 Å². The van der Waals surface area contributed by atoms with Gasteiger partial charge >= 0.3 is 0 Å². The molecule has 0 aliphatic heterocycles. The lowest BCUT2D eigenvalue weighted by Gasteiger charge is -2.35. The van der Waals surface area contributed by atoms with Gasteiger partial charge in [-0.1, -0.05) is 53.7 Å². The number of rotatable bonds is 8. The number of ether oxygens (including phenoxy) is 2. The molecule has 0 aromatic heterocycles. The molecule has 0 fully saturated rings. The predicted octanol–water partition coefficient (Wildman–Crippen LogP) is 6.54. The molecule has 0 saturated heterocycles. The van der Waals surface area contributed by atoms with E-state index in [1.807, 2.05) is 39.8 Å². The van der Waals surface area contributed by atoms with Crippen LogP contribution in [0.1, 0.15) is 93.6 Å². The van der Waals surface area contributed by atoms with E-state index in [1.54, 1.807) is 0 Å². The second-order valence-corrected chi connectivity index (χ2v) is 11.0. The molecule has 0 bridgehead atoms. The van der Waals surface area contributed by atoms with E-state index in [9.17, 15) is 5.11 Å². The van der Waals surface area contributed by atoms with Crippen molar-refractivity contribution in [2.45, 2.75) is 106 Å². The minimum absolute atomic E-state index is 0.0674. The Labute approximate surface area is 167 Å². The van der Waals surface area contributed by atoms with E-state index in [0.717, 1.165) is 18.6 Å².